The van der Waals surface area contributed by atoms with Crippen molar-refractivity contribution in [1.29, 1.82) is 0 Å². The number of aliphatic hydroxyl groups is 1. The van der Waals surface area contributed by atoms with Gasteiger partial charge < -0.3 is 10.0 Å². The van der Waals surface area contributed by atoms with Crippen molar-refractivity contribution in [2.45, 2.75) is 32.3 Å². The fourth-order valence-electron chi connectivity index (χ4n) is 3.45. The van der Waals surface area contributed by atoms with Crippen molar-refractivity contribution in [1.82, 2.24) is 0 Å². The maximum atomic E-state index is 9.06. The van der Waals surface area contributed by atoms with E-state index in [1.165, 1.54) is 44.5 Å². The van der Waals surface area contributed by atoms with E-state index < -0.39 is 0 Å². The maximum Gasteiger partial charge on any atom is 0.0681 e. The van der Waals surface area contributed by atoms with Crippen LogP contribution in [0.1, 0.15) is 31.2 Å². The van der Waals surface area contributed by atoms with Gasteiger partial charge in [-0.25, -0.2) is 0 Å². The third kappa shape index (κ3) is 2.32. The molecule has 1 aromatic rings. The summed E-state index contributed by atoms with van der Waals surface area (Å²) in [5.74, 6) is 1.83. The molecule has 0 spiro atoms. The number of rotatable bonds is 2. The van der Waals surface area contributed by atoms with Crippen LogP contribution in [0.25, 0.3) is 0 Å². The first kappa shape index (κ1) is 11.1. The van der Waals surface area contributed by atoms with Crippen LogP contribution in [0.2, 0.25) is 0 Å². The quantitative estimate of drug-likeness (QED) is 0.846. The van der Waals surface area contributed by atoms with Crippen LogP contribution in [0.4, 0.5) is 5.69 Å². The number of fused-ring (bicyclic) bond motifs is 2. The second-order valence-corrected chi connectivity index (χ2v) is 5.63. The highest BCUT2D eigenvalue weighted by atomic mass is 16.3. The Morgan fingerprint density at radius 3 is 2.29 bits per heavy atom. The van der Waals surface area contributed by atoms with Crippen LogP contribution in [-0.2, 0) is 6.61 Å². The predicted octanol–water partition coefficient (Wildman–Crippen LogP) is 2.81. The lowest BCUT2D eigenvalue weighted by atomic mass is 9.78. The highest BCUT2D eigenvalue weighted by molar-refractivity contribution is 5.48. The van der Waals surface area contributed by atoms with E-state index in [1.54, 1.807) is 0 Å². The lowest BCUT2D eigenvalue weighted by Gasteiger charge is -2.42. The number of aliphatic hydroxyl groups excluding tert-OH is 1. The number of nitrogens with zero attached hydrogens (tertiary/aromatic N) is 1. The zero-order valence-electron chi connectivity index (χ0n) is 10.3. The van der Waals surface area contributed by atoms with Gasteiger partial charge in [-0.3, -0.25) is 0 Å². The molecule has 1 saturated carbocycles. The lowest BCUT2D eigenvalue weighted by molar-refractivity contribution is 0.231. The van der Waals surface area contributed by atoms with Crippen LogP contribution in [0, 0.1) is 11.8 Å². The highest BCUT2D eigenvalue weighted by Gasteiger charge is 2.30. The molecule has 92 valence electrons. The molecule has 1 aromatic carbocycles. The van der Waals surface area contributed by atoms with Gasteiger partial charge in [0.25, 0.3) is 0 Å². The van der Waals surface area contributed by atoms with Gasteiger partial charge in [-0.05, 0) is 48.8 Å². The first-order valence-electron chi connectivity index (χ1n) is 6.80. The monoisotopic (exact) mass is 231 g/mol. The average molecular weight is 231 g/mol. The van der Waals surface area contributed by atoms with Crippen molar-refractivity contribution in [2.24, 2.45) is 11.8 Å². The van der Waals surface area contributed by atoms with Gasteiger partial charge >= 0.3 is 0 Å². The van der Waals surface area contributed by atoms with Gasteiger partial charge in [0.05, 0.1) is 6.61 Å². The molecule has 2 atom stereocenters. The van der Waals surface area contributed by atoms with Gasteiger partial charge in [0.15, 0.2) is 0 Å². The molecule has 17 heavy (non-hydrogen) atoms. The van der Waals surface area contributed by atoms with E-state index in [4.69, 9.17) is 5.11 Å². The van der Waals surface area contributed by atoms with Crippen LogP contribution in [0.15, 0.2) is 24.3 Å². The van der Waals surface area contributed by atoms with Gasteiger partial charge in [0.2, 0.25) is 0 Å². The van der Waals surface area contributed by atoms with Gasteiger partial charge in [-0.2, -0.15) is 0 Å². The topological polar surface area (TPSA) is 23.5 Å². The van der Waals surface area contributed by atoms with Crippen LogP contribution in [0.3, 0.4) is 0 Å². The molecule has 0 amide bonds. The summed E-state index contributed by atoms with van der Waals surface area (Å²) in [5.41, 5.74) is 2.34. The largest absolute Gasteiger partial charge is 0.392 e. The van der Waals surface area contributed by atoms with Crippen molar-refractivity contribution in [2.75, 3.05) is 18.0 Å². The van der Waals surface area contributed by atoms with E-state index in [0.29, 0.717) is 0 Å². The summed E-state index contributed by atoms with van der Waals surface area (Å²) in [5, 5.41) is 9.06. The van der Waals surface area contributed by atoms with E-state index in [1.807, 2.05) is 12.1 Å². The Morgan fingerprint density at radius 2 is 1.71 bits per heavy atom. The van der Waals surface area contributed by atoms with Crippen molar-refractivity contribution in [3.05, 3.63) is 29.8 Å². The summed E-state index contributed by atoms with van der Waals surface area (Å²) in [7, 11) is 0. The van der Waals surface area contributed by atoms with Crippen LogP contribution >= 0.6 is 0 Å². The summed E-state index contributed by atoms with van der Waals surface area (Å²) in [4.78, 5) is 2.54. The Kier molecular flexibility index (Phi) is 3.06. The lowest BCUT2D eigenvalue weighted by Crippen LogP contribution is -2.42. The molecule has 1 aliphatic heterocycles. The zero-order chi connectivity index (χ0) is 11.7. The van der Waals surface area contributed by atoms with E-state index in [0.717, 1.165) is 17.4 Å². The molecule has 2 fully saturated rings. The normalized spacial score (nSPS) is 28.2. The summed E-state index contributed by atoms with van der Waals surface area (Å²) in [6.07, 6.45) is 5.72. The molecule has 1 aliphatic carbocycles. The average Bonchev–Trinajstić information content (AvgIpc) is 2.38. The van der Waals surface area contributed by atoms with Gasteiger partial charge in [-0.15, -0.1) is 0 Å². The van der Waals surface area contributed by atoms with E-state index >= 15 is 0 Å². The minimum absolute atomic E-state index is 0.144. The van der Waals surface area contributed by atoms with E-state index in [2.05, 4.69) is 17.0 Å². The molecule has 2 nitrogen and oxygen atoms in total. The Balaban J connectivity index is 1.74. The Labute approximate surface area is 103 Å². The molecule has 2 heteroatoms. The number of piperidine rings is 1. The molecule has 2 aliphatic rings. The van der Waals surface area contributed by atoms with Gasteiger partial charge in [0, 0.05) is 18.8 Å². The maximum absolute atomic E-state index is 9.06. The first-order chi connectivity index (χ1) is 8.35. The third-order valence-electron chi connectivity index (χ3n) is 4.33. The van der Waals surface area contributed by atoms with E-state index in [-0.39, 0.29) is 6.61 Å². The summed E-state index contributed by atoms with van der Waals surface area (Å²) in [6.45, 7) is 2.61. The standard InChI is InChI=1S/C15H21NO/c17-11-12-4-6-15(7-5-12)16-9-13-2-1-3-14(8-13)10-16/h4-7,13-14,17H,1-3,8-11H2. The highest BCUT2D eigenvalue weighted by Crippen LogP contribution is 2.36. The van der Waals surface area contributed by atoms with Crippen molar-refractivity contribution in [3.8, 4) is 0 Å². The molecule has 0 radical (unpaired) electrons. The number of hydrogen-bond donors (Lipinski definition) is 1. The first-order valence-corrected chi connectivity index (χ1v) is 6.80. The summed E-state index contributed by atoms with van der Waals surface area (Å²) >= 11 is 0. The molecule has 0 aromatic heterocycles. The zero-order valence-corrected chi connectivity index (χ0v) is 10.3. The van der Waals surface area contributed by atoms with Gasteiger partial charge in [0.1, 0.15) is 0 Å². The van der Waals surface area contributed by atoms with Crippen LogP contribution in [-0.4, -0.2) is 18.2 Å². The molecule has 1 heterocycles. The smallest absolute Gasteiger partial charge is 0.0681 e. The second-order valence-electron chi connectivity index (χ2n) is 5.63. The van der Waals surface area contributed by atoms with Crippen molar-refractivity contribution < 1.29 is 5.11 Å². The number of benzene rings is 1. The summed E-state index contributed by atoms with van der Waals surface area (Å²) in [6, 6.07) is 8.40. The minimum atomic E-state index is 0.144. The molecule has 1 saturated heterocycles. The van der Waals surface area contributed by atoms with Gasteiger partial charge in [-0.1, -0.05) is 18.6 Å². The molecule has 1 N–H and O–H groups in total. The number of anilines is 1. The Morgan fingerprint density at radius 1 is 1.06 bits per heavy atom. The van der Waals surface area contributed by atoms with Crippen molar-refractivity contribution in [3.63, 3.8) is 0 Å². The Bertz CT molecular complexity index is 361. The van der Waals surface area contributed by atoms with Crippen LogP contribution in [0.5, 0.6) is 0 Å². The fourth-order valence-corrected chi connectivity index (χ4v) is 3.45. The molecular formula is C15H21NO. The van der Waals surface area contributed by atoms with E-state index in [9.17, 15) is 0 Å². The number of hydrogen-bond acceptors (Lipinski definition) is 2. The summed E-state index contributed by atoms with van der Waals surface area (Å²) < 4.78 is 0. The SMILES string of the molecule is OCc1ccc(N2CC3CCCC(C3)C2)cc1. The Hall–Kier alpha value is -1.02. The third-order valence-corrected chi connectivity index (χ3v) is 4.33. The molecule has 2 unspecified atom stereocenters. The van der Waals surface area contributed by atoms with Crippen molar-refractivity contribution >= 4 is 5.69 Å². The molecule has 3 rings (SSSR count). The molecular weight excluding hydrogens is 210 g/mol. The fraction of sp³-hybridized carbons (Fsp3) is 0.600. The minimum Gasteiger partial charge on any atom is -0.392 e. The second kappa shape index (κ2) is 4.69. The molecule has 2 bridgehead atoms. The predicted molar refractivity (Wildman–Crippen MR) is 70.0 cm³/mol. The van der Waals surface area contributed by atoms with Crippen LogP contribution < -0.4 is 4.90 Å².